The second-order valence-electron chi connectivity index (χ2n) is 8.78. The third-order valence-electron chi connectivity index (χ3n) is 6.23. The van der Waals surface area contributed by atoms with Crippen molar-refractivity contribution in [3.8, 4) is 5.75 Å². The highest BCUT2D eigenvalue weighted by atomic mass is 19.1. The number of carbonyl (C=O) groups is 2. The maximum atomic E-state index is 14.2. The molecular weight excluding hydrogens is 477 g/mol. The largest absolute Gasteiger partial charge is 0.497 e. The van der Waals surface area contributed by atoms with Crippen LogP contribution in [0.15, 0.2) is 73.1 Å². The molecule has 10 heteroatoms. The van der Waals surface area contributed by atoms with E-state index in [1.807, 2.05) is 24.3 Å². The second-order valence-corrected chi connectivity index (χ2v) is 8.78. The van der Waals surface area contributed by atoms with Crippen molar-refractivity contribution in [2.24, 2.45) is 0 Å². The molecule has 1 fully saturated rings. The average molecular weight is 504 g/mol. The fraction of sp³-hybridized carbons (Fsp3) is 0.259. The van der Waals surface area contributed by atoms with Crippen molar-refractivity contribution in [1.82, 2.24) is 24.4 Å². The molecule has 2 aromatic heterocycles. The fourth-order valence-corrected chi connectivity index (χ4v) is 4.26. The van der Waals surface area contributed by atoms with Gasteiger partial charge in [-0.2, -0.15) is 5.10 Å². The number of hydrogen-bond donors (Lipinski definition) is 0. The maximum absolute atomic E-state index is 14.2. The van der Waals surface area contributed by atoms with Gasteiger partial charge in [-0.15, -0.1) is 0 Å². The van der Waals surface area contributed by atoms with E-state index >= 15 is 0 Å². The molecule has 1 aliphatic rings. The summed E-state index contributed by atoms with van der Waals surface area (Å²) in [6, 6.07) is 17.1. The number of ether oxygens (including phenoxy) is 2. The number of hydrogen-bond acceptors (Lipinski definition) is 6. The Bertz CT molecular complexity index is 1370. The van der Waals surface area contributed by atoms with Gasteiger partial charge < -0.3 is 19.3 Å². The molecule has 0 radical (unpaired) electrons. The molecule has 0 saturated carbocycles. The molecule has 1 atom stereocenters. The van der Waals surface area contributed by atoms with E-state index in [9.17, 15) is 14.0 Å². The van der Waals surface area contributed by atoms with Crippen LogP contribution in [-0.2, 0) is 22.7 Å². The van der Waals surface area contributed by atoms with E-state index in [2.05, 4.69) is 10.1 Å². The molecule has 1 aliphatic heterocycles. The molecule has 0 spiro atoms. The Hall–Kier alpha value is -4.31. The van der Waals surface area contributed by atoms with Gasteiger partial charge in [-0.3, -0.25) is 9.59 Å². The summed E-state index contributed by atoms with van der Waals surface area (Å²) in [5.41, 5.74) is 2.03. The van der Waals surface area contributed by atoms with Crippen LogP contribution in [0.2, 0.25) is 0 Å². The summed E-state index contributed by atoms with van der Waals surface area (Å²) in [7, 11) is 1.59. The smallest absolute Gasteiger partial charge is 0.275 e. The van der Waals surface area contributed by atoms with Crippen molar-refractivity contribution in [1.29, 1.82) is 0 Å². The predicted octanol–water partition coefficient (Wildman–Crippen LogP) is 2.95. The second kappa shape index (κ2) is 10.8. The summed E-state index contributed by atoms with van der Waals surface area (Å²) < 4.78 is 27.0. The SMILES string of the molecule is COc1ccc(CN2C[C@@H](OCc3ccccc3F)CN(C(=O)c3cc4ncccn4n3)CC2=O)cc1. The zero-order valence-electron chi connectivity index (χ0n) is 20.3. The Balaban J connectivity index is 1.38. The number of amides is 2. The highest BCUT2D eigenvalue weighted by Gasteiger charge is 2.32. The summed E-state index contributed by atoms with van der Waals surface area (Å²) >= 11 is 0. The van der Waals surface area contributed by atoms with Crippen LogP contribution in [0, 0.1) is 5.82 Å². The first-order valence-electron chi connectivity index (χ1n) is 11.9. The summed E-state index contributed by atoms with van der Waals surface area (Å²) in [4.78, 5) is 34.0. The third-order valence-corrected chi connectivity index (χ3v) is 6.23. The minimum Gasteiger partial charge on any atom is -0.497 e. The van der Waals surface area contributed by atoms with Gasteiger partial charge in [-0.1, -0.05) is 30.3 Å². The Kier molecular flexibility index (Phi) is 7.09. The van der Waals surface area contributed by atoms with Gasteiger partial charge in [0.1, 0.15) is 18.1 Å². The van der Waals surface area contributed by atoms with Gasteiger partial charge in [-0.25, -0.2) is 13.9 Å². The van der Waals surface area contributed by atoms with Crippen molar-refractivity contribution in [3.05, 3.63) is 95.7 Å². The predicted molar refractivity (Wildman–Crippen MR) is 132 cm³/mol. The average Bonchev–Trinajstić information content (AvgIpc) is 3.29. The van der Waals surface area contributed by atoms with Gasteiger partial charge in [-0.05, 0) is 29.8 Å². The molecule has 37 heavy (non-hydrogen) atoms. The van der Waals surface area contributed by atoms with Crippen molar-refractivity contribution in [3.63, 3.8) is 0 Å². The molecule has 0 N–H and O–H groups in total. The van der Waals surface area contributed by atoms with Crippen LogP contribution in [-0.4, -0.2) is 69.1 Å². The molecule has 5 rings (SSSR count). The molecule has 2 amide bonds. The van der Waals surface area contributed by atoms with E-state index in [4.69, 9.17) is 9.47 Å². The van der Waals surface area contributed by atoms with Gasteiger partial charge >= 0.3 is 0 Å². The van der Waals surface area contributed by atoms with E-state index in [-0.39, 0.29) is 43.7 Å². The van der Waals surface area contributed by atoms with E-state index in [1.165, 1.54) is 15.5 Å². The third kappa shape index (κ3) is 5.59. The van der Waals surface area contributed by atoms with Gasteiger partial charge in [0, 0.05) is 43.7 Å². The minimum atomic E-state index is -0.539. The van der Waals surface area contributed by atoms with Crippen molar-refractivity contribution >= 4 is 17.5 Å². The summed E-state index contributed by atoms with van der Waals surface area (Å²) in [6.45, 7) is 0.621. The number of methoxy groups -OCH3 is 1. The van der Waals surface area contributed by atoms with Crippen LogP contribution in [0.4, 0.5) is 4.39 Å². The number of benzene rings is 2. The van der Waals surface area contributed by atoms with Crippen molar-refractivity contribution in [2.45, 2.75) is 19.3 Å². The summed E-state index contributed by atoms with van der Waals surface area (Å²) in [5, 5.41) is 4.31. The molecule has 1 saturated heterocycles. The fourth-order valence-electron chi connectivity index (χ4n) is 4.26. The Morgan fingerprint density at radius 1 is 1.11 bits per heavy atom. The lowest BCUT2D eigenvalue weighted by atomic mass is 10.2. The molecule has 9 nitrogen and oxygen atoms in total. The molecular formula is C27H26FN5O4. The molecule has 4 aromatic rings. The van der Waals surface area contributed by atoms with Crippen LogP contribution < -0.4 is 4.74 Å². The first-order chi connectivity index (χ1) is 18.0. The van der Waals surface area contributed by atoms with Crippen LogP contribution in [0.25, 0.3) is 5.65 Å². The quantitative estimate of drug-likeness (QED) is 0.385. The van der Waals surface area contributed by atoms with E-state index in [1.54, 1.807) is 54.7 Å². The van der Waals surface area contributed by atoms with E-state index in [0.29, 0.717) is 17.8 Å². The van der Waals surface area contributed by atoms with Crippen LogP contribution in [0.3, 0.4) is 0 Å². The molecule has 0 aliphatic carbocycles. The maximum Gasteiger partial charge on any atom is 0.275 e. The first-order valence-corrected chi connectivity index (χ1v) is 11.9. The lowest BCUT2D eigenvalue weighted by Crippen LogP contribution is -2.39. The number of carbonyl (C=O) groups excluding carboxylic acids is 2. The Morgan fingerprint density at radius 3 is 2.68 bits per heavy atom. The Labute approximate surface area is 213 Å². The first kappa shape index (κ1) is 24.4. The topological polar surface area (TPSA) is 89.3 Å². The van der Waals surface area contributed by atoms with E-state index in [0.717, 1.165) is 11.3 Å². The monoisotopic (exact) mass is 503 g/mol. The number of aromatic nitrogens is 3. The van der Waals surface area contributed by atoms with Crippen molar-refractivity contribution < 1.29 is 23.5 Å². The van der Waals surface area contributed by atoms with Gasteiger partial charge in [0.05, 0.1) is 19.8 Å². The normalized spacial score (nSPS) is 16.2. The molecule has 3 heterocycles. The number of halogens is 1. The Morgan fingerprint density at radius 2 is 1.92 bits per heavy atom. The van der Waals surface area contributed by atoms with Crippen LogP contribution in [0.1, 0.15) is 21.6 Å². The van der Waals surface area contributed by atoms with Crippen LogP contribution in [0.5, 0.6) is 5.75 Å². The molecule has 0 unspecified atom stereocenters. The zero-order valence-corrected chi connectivity index (χ0v) is 20.3. The lowest BCUT2D eigenvalue weighted by molar-refractivity contribution is -0.132. The molecule has 2 aromatic carbocycles. The van der Waals surface area contributed by atoms with E-state index < -0.39 is 12.0 Å². The minimum absolute atomic E-state index is 0.0161. The molecule has 190 valence electrons. The number of nitrogens with zero attached hydrogens (tertiary/aromatic N) is 5. The number of rotatable bonds is 7. The van der Waals surface area contributed by atoms with Gasteiger partial charge in [0.25, 0.3) is 5.91 Å². The van der Waals surface area contributed by atoms with Crippen LogP contribution >= 0.6 is 0 Å². The highest BCUT2D eigenvalue weighted by molar-refractivity contribution is 5.96. The highest BCUT2D eigenvalue weighted by Crippen LogP contribution is 2.19. The van der Waals surface area contributed by atoms with Crippen molar-refractivity contribution in [2.75, 3.05) is 26.7 Å². The number of fused-ring (bicyclic) bond motifs is 1. The summed E-state index contributed by atoms with van der Waals surface area (Å²) in [5.74, 6) is -0.268. The standard InChI is InChI=1S/C27H26FN5O4/c1-36-21-9-7-19(8-10-21)14-31-15-22(37-18-20-5-2-3-6-23(20)28)16-32(17-26(31)34)27(35)24-13-25-29-11-4-12-33(25)30-24/h2-13,22H,14-18H2,1H3/t22-/m1/s1. The van der Waals surface area contributed by atoms with Gasteiger partial charge in [0.2, 0.25) is 5.91 Å². The lowest BCUT2D eigenvalue weighted by Gasteiger charge is -2.25. The zero-order chi connectivity index (χ0) is 25.8. The van der Waals surface area contributed by atoms with Gasteiger partial charge in [0.15, 0.2) is 11.3 Å². The summed E-state index contributed by atoms with van der Waals surface area (Å²) in [6.07, 6.45) is 2.77. The molecule has 0 bridgehead atoms.